The minimum Gasteiger partial charge on any atom is -0.484 e. The van der Waals surface area contributed by atoms with E-state index in [0.29, 0.717) is 0 Å². The zero-order valence-corrected chi connectivity index (χ0v) is 10.9. The van der Waals surface area contributed by atoms with Crippen molar-refractivity contribution in [3.05, 3.63) is 54.0 Å². The second-order valence-electron chi connectivity index (χ2n) is 4.16. The third kappa shape index (κ3) is 3.95. The Morgan fingerprint density at radius 3 is 2.79 bits per heavy atom. The molecule has 1 heterocycles. The van der Waals surface area contributed by atoms with Crippen LogP contribution in [0.1, 0.15) is 19.0 Å². The molecular weight excluding hydrogens is 243 g/mol. The molecule has 0 saturated carbocycles. The van der Waals surface area contributed by atoms with Crippen molar-refractivity contribution in [3.63, 3.8) is 0 Å². The van der Waals surface area contributed by atoms with Crippen molar-refractivity contribution >= 4 is 5.82 Å². The molecule has 0 aliphatic rings. The van der Waals surface area contributed by atoms with E-state index < -0.39 is 0 Å². The van der Waals surface area contributed by atoms with Crippen molar-refractivity contribution in [2.75, 3.05) is 11.9 Å². The SMILES string of the molecule is CCCNc1cccc(COc2ccccc2F)n1. The van der Waals surface area contributed by atoms with Gasteiger partial charge < -0.3 is 10.1 Å². The maximum absolute atomic E-state index is 13.4. The molecular formula is C15H17FN2O. The molecule has 0 amide bonds. The first kappa shape index (κ1) is 13.3. The molecule has 4 heteroatoms. The molecule has 1 aromatic heterocycles. The van der Waals surface area contributed by atoms with Gasteiger partial charge in [0.05, 0.1) is 5.69 Å². The molecule has 0 atom stereocenters. The third-order valence-electron chi connectivity index (χ3n) is 2.58. The molecule has 2 aromatic rings. The fraction of sp³-hybridized carbons (Fsp3) is 0.267. The maximum Gasteiger partial charge on any atom is 0.165 e. The molecule has 3 nitrogen and oxygen atoms in total. The number of hydrogen-bond donors (Lipinski definition) is 1. The monoisotopic (exact) mass is 260 g/mol. The second kappa shape index (κ2) is 6.73. The lowest BCUT2D eigenvalue weighted by atomic mass is 10.3. The lowest BCUT2D eigenvalue weighted by Crippen LogP contribution is -2.05. The lowest BCUT2D eigenvalue weighted by Gasteiger charge is -2.08. The molecule has 0 saturated heterocycles. The van der Waals surface area contributed by atoms with Gasteiger partial charge in [-0.3, -0.25) is 0 Å². The summed E-state index contributed by atoms with van der Waals surface area (Å²) < 4.78 is 18.8. The molecule has 0 unspecified atom stereocenters. The molecule has 1 aromatic carbocycles. The van der Waals surface area contributed by atoms with Gasteiger partial charge in [-0.1, -0.05) is 25.1 Å². The largest absolute Gasteiger partial charge is 0.484 e. The van der Waals surface area contributed by atoms with Crippen LogP contribution in [0, 0.1) is 5.82 Å². The summed E-state index contributed by atoms with van der Waals surface area (Å²) in [6.07, 6.45) is 1.04. The number of halogens is 1. The van der Waals surface area contributed by atoms with Gasteiger partial charge in [0, 0.05) is 6.54 Å². The predicted octanol–water partition coefficient (Wildman–Crippen LogP) is 3.62. The van der Waals surface area contributed by atoms with E-state index in [1.54, 1.807) is 18.2 Å². The summed E-state index contributed by atoms with van der Waals surface area (Å²) in [6, 6.07) is 12.0. The molecule has 2 rings (SSSR count). The van der Waals surface area contributed by atoms with Crippen LogP contribution in [0.5, 0.6) is 5.75 Å². The topological polar surface area (TPSA) is 34.1 Å². The first-order valence-electron chi connectivity index (χ1n) is 6.36. The van der Waals surface area contributed by atoms with Crippen LogP contribution in [0.2, 0.25) is 0 Å². The average Bonchev–Trinajstić information content (AvgIpc) is 2.45. The summed E-state index contributed by atoms with van der Waals surface area (Å²) in [7, 11) is 0. The molecule has 0 spiro atoms. The Bertz CT molecular complexity index is 531. The van der Waals surface area contributed by atoms with Gasteiger partial charge in [-0.15, -0.1) is 0 Å². The van der Waals surface area contributed by atoms with E-state index >= 15 is 0 Å². The van der Waals surface area contributed by atoms with Crippen LogP contribution in [0.15, 0.2) is 42.5 Å². The van der Waals surface area contributed by atoms with E-state index in [-0.39, 0.29) is 18.2 Å². The molecule has 1 N–H and O–H groups in total. The summed E-state index contributed by atoms with van der Waals surface area (Å²) in [5, 5.41) is 3.20. The number of para-hydroxylation sites is 1. The lowest BCUT2D eigenvalue weighted by molar-refractivity contribution is 0.286. The van der Waals surface area contributed by atoms with Gasteiger partial charge >= 0.3 is 0 Å². The molecule has 0 fully saturated rings. The third-order valence-corrected chi connectivity index (χ3v) is 2.58. The van der Waals surface area contributed by atoms with E-state index in [1.807, 2.05) is 18.2 Å². The number of benzene rings is 1. The van der Waals surface area contributed by atoms with Gasteiger partial charge in [0.1, 0.15) is 12.4 Å². The molecule has 100 valence electrons. The van der Waals surface area contributed by atoms with Crippen LogP contribution in [0.4, 0.5) is 10.2 Å². The Morgan fingerprint density at radius 1 is 1.16 bits per heavy atom. The van der Waals surface area contributed by atoms with Gasteiger partial charge in [-0.2, -0.15) is 0 Å². The van der Waals surface area contributed by atoms with E-state index in [1.165, 1.54) is 6.07 Å². The zero-order valence-electron chi connectivity index (χ0n) is 10.9. The Kier molecular flexibility index (Phi) is 4.72. The van der Waals surface area contributed by atoms with Crippen LogP contribution >= 0.6 is 0 Å². The summed E-state index contributed by atoms with van der Waals surface area (Å²) in [5.41, 5.74) is 0.768. The summed E-state index contributed by atoms with van der Waals surface area (Å²) in [6.45, 7) is 3.23. The fourth-order valence-corrected chi connectivity index (χ4v) is 1.62. The van der Waals surface area contributed by atoms with E-state index in [9.17, 15) is 4.39 Å². The van der Waals surface area contributed by atoms with Gasteiger partial charge in [-0.25, -0.2) is 9.37 Å². The Labute approximate surface area is 112 Å². The number of nitrogens with zero attached hydrogens (tertiary/aromatic N) is 1. The van der Waals surface area contributed by atoms with Crippen LogP contribution in [0.25, 0.3) is 0 Å². The molecule has 0 aliphatic heterocycles. The highest BCUT2D eigenvalue weighted by atomic mass is 19.1. The van der Waals surface area contributed by atoms with Crippen molar-refractivity contribution in [1.29, 1.82) is 0 Å². The molecule has 0 radical (unpaired) electrons. The van der Waals surface area contributed by atoms with Crippen LogP contribution in [-0.4, -0.2) is 11.5 Å². The number of aromatic nitrogens is 1. The number of rotatable bonds is 6. The minimum atomic E-state index is -0.359. The maximum atomic E-state index is 13.4. The van der Waals surface area contributed by atoms with Gasteiger partial charge in [0.2, 0.25) is 0 Å². The number of ether oxygens (including phenoxy) is 1. The Hall–Kier alpha value is -2.10. The summed E-state index contributed by atoms with van der Waals surface area (Å²) in [4.78, 5) is 4.40. The van der Waals surface area contributed by atoms with Crippen molar-refractivity contribution < 1.29 is 9.13 Å². The van der Waals surface area contributed by atoms with E-state index in [4.69, 9.17) is 4.74 Å². The zero-order chi connectivity index (χ0) is 13.5. The first-order chi connectivity index (χ1) is 9.29. The van der Waals surface area contributed by atoms with Gasteiger partial charge in [-0.05, 0) is 30.7 Å². The standard InChI is InChI=1S/C15H17FN2O/c1-2-10-17-15-9-5-6-12(18-15)11-19-14-8-4-3-7-13(14)16/h3-9H,2,10-11H2,1H3,(H,17,18). The average molecular weight is 260 g/mol. The van der Waals surface area contributed by atoms with Crippen molar-refractivity contribution in [2.24, 2.45) is 0 Å². The van der Waals surface area contributed by atoms with Crippen molar-refractivity contribution in [3.8, 4) is 5.75 Å². The van der Waals surface area contributed by atoms with E-state index in [2.05, 4.69) is 17.2 Å². The molecule has 19 heavy (non-hydrogen) atoms. The summed E-state index contributed by atoms with van der Waals surface area (Å²) >= 11 is 0. The smallest absolute Gasteiger partial charge is 0.165 e. The molecule has 0 aliphatic carbocycles. The Morgan fingerprint density at radius 2 is 2.00 bits per heavy atom. The Balaban J connectivity index is 1.98. The minimum absolute atomic E-state index is 0.247. The normalized spacial score (nSPS) is 10.2. The van der Waals surface area contributed by atoms with Crippen LogP contribution in [-0.2, 0) is 6.61 Å². The highest BCUT2D eigenvalue weighted by Crippen LogP contribution is 2.17. The molecule has 0 bridgehead atoms. The first-order valence-corrected chi connectivity index (χ1v) is 6.36. The van der Waals surface area contributed by atoms with E-state index in [0.717, 1.165) is 24.5 Å². The fourth-order valence-electron chi connectivity index (χ4n) is 1.62. The van der Waals surface area contributed by atoms with Gasteiger partial charge in [0.25, 0.3) is 0 Å². The number of pyridine rings is 1. The van der Waals surface area contributed by atoms with Crippen molar-refractivity contribution in [1.82, 2.24) is 4.98 Å². The second-order valence-corrected chi connectivity index (χ2v) is 4.16. The highest BCUT2D eigenvalue weighted by Gasteiger charge is 2.03. The highest BCUT2D eigenvalue weighted by molar-refractivity contribution is 5.35. The van der Waals surface area contributed by atoms with Crippen molar-refractivity contribution in [2.45, 2.75) is 20.0 Å². The van der Waals surface area contributed by atoms with Gasteiger partial charge in [0.15, 0.2) is 11.6 Å². The van der Waals surface area contributed by atoms with Crippen LogP contribution in [0.3, 0.4) is 0 Å². The number of hydrogen-bond acceptors (Lipinski definition) is 3. The predicted molar refractivity (Wildman–Crippen MR) is 73.7 cm³/mol. The quantitative estimate of drug-likeness (QED) is 0.861. The van der Waals surface area contributed by atoms with Crippen LogP contribution < -0.4 is 10.1 Å². The number of anilines is 1. The number of nitrogens with one attached hydrogen (secondary N) is 1. The summed E-state index contributed by atoms with van der Waals surface area (Å²) in [5.74, 6) is 0.704.